The summed E-state index contributed by atoms with van der Waals surface area (Å²) >= 11 is 0. The van der Waals surface area contributed by atoms with Crippen LogP contribution in [-0.2, 0) is 0 Å². The molecule has 0 aromatic carbocycles. The van der Waals surface area contributed by atoms with E-state index in [0.717, 1.165) is 0 Å². The Kier molecular flexibility index (Phi) is 2.02. The Bertz CT molecular complexity index is 314. The molecule has 2 aliphatic carbocycles. The van der Waals surface area contributed by atoms with Crippen molar-refractivity contribution in [1.29, 1.82) is 0 Å². The number of allylic oxidation sites excluding steroid dienone is 4. The SMILES string of the molecule is CC1=C(F)C2C(C=C1)CC(C)C2(F)F. The fourth-order valence-corrected chi connectivity index (χ4v) is 2.43. The minimum Gasteiger partial charge on any atom is -0.211 e. The van der Waals surface area contributed by atoms with Crippen LogP contribution in [0.1, 0.15) is 20.3 Å². The van der Waals surface area contributed by atoms with Crippen LogP contribution in [-0.4, -0.2) is 5.92 Å². The van der Waals surface area contributed by atoms with Crippen molar-refractivity contribution >= 4 is 0 Å². The van der Waals surface area contributed by atoms with Crippen LogP contribution in [0.15, 0.2) is 23.6 Å². The smallest absolute Gasteiger partial charge is 0.211 e. The summed E-state index contributed by atoms with van der Waals surface area (Å²) in [6, 6.07) is 0. The molecule has 1 fully saturated rings. The fourth-order valence-electron chi connectivity index (χ4n) is 2.43. The minimum atomic E-state index is -2.89. The molecule has 0 saturated heterocycles. The first-order valence-corrected chi connectivity index (χ1v) is 4.87. The lowest BCUT2D eigenvalue weighted by atomic mass is 9.86. The van der Waals surface area contributed by atoms with Crippen molar-refractivity contribution in [3.05, 3.63) is 23.6 Å². The molecule has 0 nitrogen and oxygen atoms in total. The maximum atomic E-state index is 13.6. The molecule has 2 rings (SSSR count). The van der Waals surface area contributed by atoms with Crippen LogP contribution in [0.2, 0.25) is 0 Å². The van der Waals surface area contributed by atoms with Crippen molar-refractivity contribution in [2.24, 2.45) is 17.8 Å². The maximum absolute atomic E-state index is 13.6. The number of hydrogen-bond acceptors (Lipinski definition) is 0. The molecule has 0 amide bonds. The van der Waals surface area contributed by atoms with E-state index in [-0.39, 0.29) is 5.92 Å². The van der Waals surface area contributed by atoms with Crippen molar-refractivity contribution in [3.63, 3.8) is 0 Å². The molecule has 0 spiro atoms. The van der Waals surface area contributed by atoms with Crippen LogP contribution in [0.5, 0.6) is 0 Å². The lowest BCUT2D eigenvalue weighted by molar-refractivity contribution is -0.0683. The molecule has 0 radical (unpaired) electrons. The number of halogens is 3. The van der Waals surface area contributed by atoms with E-state index in [9.17, 15) is 13.2 Å². The molecule has 0 heterocycles. The molecule has 2 aliphatic rings. The van der Waals surface area contributed by atoms with E-state index < -0.39 is 23.6 Å². The van der Waals surface area contributed by atoms with Crippen molar-refractivity contribution in [1.82, 2.24) is 0 Å². The van der Waals surface area contributed by atoms with Gasteiger partial charge in [0, 0.05) is 5.92 Å². The summed E-state index contributed by atoms with van der Waals surface area (Å²) < 4.78 is 40.7. The van der Waals surface area contributed by atoms with Crippen LogP contribution in [0.3, 0.4) is 0 Å². The minimum absolute atomic E-state index is 0.316. The number of hydrogen-bond donors (Lipinski definition) is 0. The van der Waals surface area contributed by atoms with E-state index in [0.29, 0.717) is 12.0 Å². The average molecular weight is 202 g/mol. The van der Waals surface area contributed by atoms with Gasteiger partial charge in [0.05, 0.1) is 5.92 Å². The van der Waals surface area contributed by atoms with Gasteiger partial charge in [0.1, 0.15) is 5.83 Å². The fraction of sp³-hybridized carbons (Fsp3) is 0.636. The van der Waals surface area contributed by atoms with Gasteiger partial charge in [0.2, 0.25) is 0 Å². The second-order valence-electron chi connectivity index (χ2n) is 4.34. The van der Waals surface area contributed by atoms with Gasteiger partial charge in [-0.05, 0) is 24.8 Å². The topological polar surface area (TPSA) is 0 Å². The molecule has 3 unspecified atom stereocenters. The first-order valence-electron chi connectivity index (χ1n) is 4.87. The molecular formula is C11H13F3. The normalized spacial score (nSPS) is 40.2. The Balaban J connectivity index is 2.42. The summed E-state index contributed by atoms with van der Waals surface area (Å²) in [6.45, 7) is 3.04. The summed E-state index contributed by atoms with van der Waals surface area (Å²) in [7, 11) is 0. The van der Waals surface area contributed by atoms with E-state index in [1.807, 2.05) is 0 Å². The molecule has 78 valence electrons. The largest absolute Gasteiger partial charge is 0.260 e. The number of rotatable bonds is 0. The molecular weight excluding hydrogens is 189 g/mol. The van der Waals surface area contributed by atoms with Crippen LogP contribution < -0.4 is 0 Å². The first-order chi connectivity index (χ1) is 6.44. The second kappa shape index (κ2) is 2.88. The third-order valence-corrected chi connectivity index (χ3v) is 3.37. The Morgan fingerprint density at radius 2 is 2.07 bits per heavy atom. The van der Waals surface area contributed by atoms with Gasteiger partial charge in [0.25, 0.3) is 5.92 Å². The van der Waals surface area contributed by atoms with Crippen LogP contribution in [0, 0.1) is 17.8 Å². The van der Waals surface area contributed by atoms with Crippen LogP contribution >= 0.6 is 0 Å². The highest BCUT2D eigenvalue weighted by Crippen LogP contribution is 2.54. The molecule has 0 aromatic rings. The van der Waals surface area contributed by atoms with Crippen molar-refractivity contribution in [2.45, 2.75) is 26.2 Å². The molecule has 0 aromatic heterocycles. The highest BCUT2D eigenvalue weighted by Gasteiger charge is 2.57. The quantitative estimate of drug-likeness (QED) is 0.561. The van der Waals surface area contributed by atoms with E-state index in [1.165, 1.54) is 6.92 Å². The summed E-state index contributed by atoms with van der Waals surface area (Å²) in [6.07, 6.45) is 3.72. The van der Waals surface area contributed by atoms with Crippen LogP contribution in [0.25, 0.3) is 0 Å². The number of fused-ring (bicyclic) bond motifs is 1. The highest BCUT2D eigenvalue weighted by atomic mass is 19.3. The predicted octanol–water partition coefficient (Wildman–Crippen LogP) is 3.71. The van der Waals surface area contributed by atoms with Crippen LogP contribution in [0.4, 0.5) is 13.2 Å². The van der Waals surface area contributed by atoms with Gasteiger partial charge in [0.15, 0.2) is 0 Å². The molecule has 3 heteroatoms. The summed E-state index contributed by atoms with van der Waals surface area (Å²) in [5.74, 6) is -5.75. The standard InChI is InChI=1S/C11H13F3/c1-6-3-4-8-5-7(2)11(13,14)9(8)10(6)12/h3-4,7-9H,5H2,1-2H3. The first kappa shape index (κ1) is 9.81. The van der Waals surface area contributed by atoms with Gasteiger partial charge in [-0.15, -0.1) is 0 Å². The lowest BCUT2D eigenvalue weighted by Gasteiger charge is -2.26. The number of alkyl halides is 2. The molecule has 3 atom stereocenters. The van der Waals surface area contributed by atoms with Gasteiger partial charge in [-0.3, -0.25) is 0 Å². The van der Waals surface area contributed by atoms with E-state index in [4.69, 9.17) is 0 Å². The predicted molar refractivity (Wildman–Crippen MR) is 48.7 cm³/mol. The summed E-state index contributed by atoms with van der Waals surface area (Å²) in [4.78, 5) is 0. The van der Waals surface area contributed by atoms with Gasteiger partial charge < -0.3 is 0 Å². The van der Waals surface area contributed by atoms with E-state index >= 15 is 0 Å². The van der Waals surface area contributed by atoms with E-state index in [1.54, 1.807) is 19.1 Å². The third kappa shape index (κ3) is 1.14. The maximum Gasteiger partial charge on any atom is 0.260 e. The highest BCUT2D eigenvalue weighted by molar-refractivity contribution is 5.31. The Morgan fingerprint density at radius 3 is 2.71 bits per heavy atom. The Morgan fingerprint density at radius 1 is 1.43 bits per heavy atom. The summed E-state index contributed by atoms with van der Waals surface area (Å²) in [5.41, 5.74) is 0.347. The molecule has 0 aliphatic heterocycles. The van der Waals surface area contributed by atoms with Gasteiger partial charge in [-0.25, -0.2) is 13.2 Å². The molecule has 0 bridgehead atoms. The zero-order chi connectivity index (χ0) is 10.5. The Hall–Kier alpha value is -0.730. The molecule has 1 saturated carbocycles. The van der Waals surface area contributed by atoms with Gasteiger partial charge in [-0.2, -0.15) is 0 Å². The lowest BCUT2D eigenvalue weighted by Crippen LogP contribution is -2.31. The third-order valence-electron chi connectivity index (χ3n) is 3.37. The summed E-state index contributed by atoms with van der Waals surface area (Å²) in [5, 5.41) is 0. The second-order valence-corrected chi connectivity index (χ2v) is 4.34. The average Bonchev–Trinajstić information content (AvgIpc) is 2.32. The monoisotopic (exact) mass is 202 g/mol. The zero-order valence-corrected chi connectivity index (χ0v) is 8.23. The molecule has 14 heavy (non-hydrogen) atoms. The van der Waals surface area contributed by atoms with Gasteiger partial charge in [-0.1, -0.05) is 19.1 Å². The Labute approximate surface area is 81.5 Å². The van der Waals surface area contributed by atoms with E-state index in [2.05, 4.69) is 0 Å². The van der Waals surface area contributed by atoms with Gasteiger partial charge >= 0.3 is 0 Å². The van der Waals surface area contributed by atoms with Crippen molar-refractivity contribution in [3.8, 4) is 0 Å². The molecule has 0 N–H and O–H groups in total. The zero-order valence-electron chi connectivity index (χ0n) is 8.23. The van der Waals surface area contributed by atoms with Crippen molar-refractivity contribution in [2.75, 3.05) is 0 Å². The van der Waals surface area contributed by atoms with Crippen molar-refractivity contribution < 1.29 is 13.2 Å².